The third kappa shape index (κ3) is 2.54. The number of fused-ring (bicyclic) bond motifs is 3. The van der Waals surface area contributed by atoms with Gasteiger partial charge in [-0.2, -0.15) is 14.7 Å². The molecule has 3 heterocycles. The molecule has 0 bridgehead atoms. The van der Waals surface area contributed by atoms with Gasteiger partial charge in [-0.25, -0.2) is 0 Å². The van der Waals surface area contributed by atoms with E-state index in [1.54, 1.807) is 11.4 Å². The molecule has 128 valence electrons. The van der Waals surface area contributed by atoms with Crippen LogP contribution in [0.15, 0.2) is 40.6 Å². The summed E-state index contributed by atoms with van der Waals surface area (Å²) in [7, 11) is 0. The molecule has 0 saturated carbocycles. The van der Waals surface area contributed by atoms with E-state index in [1.165, 1.54) is 0 Å². The number of nitrogens with zero attached hydrogens (tertiary/aromatic N) is 6. The van der Waals surface area contributed by atoms with Crippen molar-refractivity contribution >= 4 is 17.2 Å². The average Bonchev–Trinajstić information content (AvgIpc) is 3.14. The molecule has 0 spiro atoms. The van der Waals surface area contributed by atoms with Gasteiger partial charge in [0.2, 0.25) is 0 Å². The fraction of sp³-hybridized carbons (Fsp3) is 0.353. The molecule has 0 radical (unpaired) electrons. The zero-order chi connectivity index (χ0) is 17.6. The van der Waals surface area contributed by atoms with Crippen molar-refractivity contribution < 1.29 is 5.11 Å². The largest absolute Gasteiger partial charge is 0.392 e. The molecular weight excluding hydrogens is 318 g/mol. The predicted molar refractivity (Wildman–Crippen MR) is 93.9 cm³/mol. The highest BCUT2D eigenvalue weighted by Crippen LogP contribution is 2.45. The minimum absolute atomic E-state index is 0.365. The van der Waals surface area contributed by atoms with Crippen molar-refractivity contribution in [1.82, 2.24) is 19.8 Å². The Kier molecular flexibility index (Phi) is 3.50. The van der Waals surface area contributed by atoms with Crippen LogP contribution in [0.2, 0.25) is 0 Å². The highest BCUT2D eigenvalue weighted by molar-refractivity contribution is 5.76. The van der Waals surface area contributed by atoms with Crippen LogP contribution in [0.1, 0.15) is 26.3 Å². The van der Waals surface area contributed by atoms with E-state index in [0.29, 0.717) is 29.5 Å². The minimum Gasteiger partial charge on any atom is -0.392 e. The molecule has 1 aromatic carbocycles. The van der Waals surface area contributed by atoms with Gasteiger partial charge in [0.25, 0.3) is 0 Å². The lowest BCUT2D eigenvalue weighted by Crippen LogP contribution is -2.19. The van der Waals surface area contributed by atoms with Gasteiger partial charge in [0.1, 0.15) is 11.2 Å². The quantitative estimate of drug-likeness (QED) is 0.762. The number of nitrogens with one attached hydrogen (secondary N) is 1. The SMILES string of the molecule is CC(O)CNc1nn2c(-c3ccccc3)nnc2c2c1N=NC2(C)C. The van der Waals surface area contributed by atoms with Crippen molar-refractivity contribution in [2.45, 2.75) is 32.4 Å². The van der Waals surface area contributed by atoms with E-state index < -0.39 is 11.6 Å². The summed E-state index contributed by atoms with van der Waals surface area (Å²) in [5, 5.41) is 34.7. The van der Waals surface area contributed by atoms with E-state index in [2.05, 4.69) is 30.8 Å². The second-order valence-electron chi connectivity index (χ2n) is 6.69. The lowest BCUT2D eigenvalue weighted by molar-refractivity contribution is 0.208. The number of azo groups is 1. The summed E-state index contributed by atoms with van der Waals surface area (Å²) in [5.74, 6) is 1.22. The highest BCUT2D eigenvalue weighted by Gasteiger charge is 2.36. The summed E-state index contributed by atoms with van der Waals surface area (Å²) in [6.07, 6.45) is -0.506. The molecule has 1 aliphatic rings. The second-order valence-corrected chi connectivity index (χ2v) is 6.69. The molecule has 2 N–H and O–H groups in total. The molecule has 4 rings (SSSR count). The molecule has 0 aliphatic carbocycles. The number of aliphatic hydroxyl groups excluding tert-OH is 1. The molecule has 8 nitrogen and oxygen atoms in total. The molecule has 0 fully saturated rings. The number of hydrogen-bond donors (Lipinski definition) is 2. The van der Waals surface area contributed by atoms with Gasteiger partial charge in [-0.05, 0) is 20.8 Å². The molecule has 25 heavy (non-hydrogen) atoms. The number of anilines is 1. The first-order valence-electron chi connectivity index (χ1n) is 8.17. The second kappa shape index (κ2) is 5.59. The van der Waals surface area contributed by atoms with Crippen LogP contribution in [0, 0.1) is 0 Å². The molecule has 1 unspecified atom stereocenters. The monoisotopic (exact) mass is 337 g/mol. The predicted octanol–water partition coefficient (Wildman–Crippen LogP) is 2.92. The van der Waals surface area contributed by atoms with Gasteiger partial charge in [0, 0.05) is 12.1 Å². The van der Waals surface area contributed by atoms with Crippen molar-refractivity contribution in [3.63, 3.8) is 0 Å². The molecular formula is C17H19N7O. The molecule has 0 saturated heterocycles. The minimum atomic E-state index is -0.512. The van der Waals surface area contributed by atoms with Crippen LogP contribution in [-0.4, -0.2) is 37.6 Å². The molecule has 0 amide bonds. The van der Waals surface area contributed by atoms with Crippen LogP contribution >= 0.6 is 0 Å². The van der Waals surface area contributed by atoms with Crippen LogP contribution in [0.5, 0.6) is 0 Å². The van der Waals surface area contributed by atoms with Gasteiger partial charge in [-0.15, -0.1) is 15.3 Å². The number of benzene rings is 1. The summed E-state index contributed by atoms with van der Waals surface area (Å²) in [5.41, 5.74) is 2.59. The summed E-state index contributed by atoms with van der Waals surface area (Å²) >= 11 is 0. The Morgan fingerprint density at radius 3 is 2.68 bits per heavy atom. The lowest BCUT2D eigenvalue weighted by Gasteiger charge is -2.16. The number of aromatic nitrogens is 4. The van der Waals surface area contributed by atoms with Crippen LogP contribution < -0.4 is 5.32 Å². The van der Waals surface area contributed by atoms with Crippen molar-refractivity contribution in [3.8, 4) is 11.4 Å². The van der Waals surface area contributed by atoms with Gasteiger partial charge in [0.05, 0.1) is 11.7 Å². The Bertz CT molecular complexity index is 960. The van der Waals surface area contributed by atoms with E-state index >= 15 is 0 Å². The zero-order valence-electron chi connectivity index (χ0n) is 14.3. The molecule has 3 aromatic rings. The first-order valence-corrected chi connectivity index (χ1v) is 8.17. The topological polar surface area (TPSA) is 100 Å². The third-order valence-electron chi connectivity index (χ3n) is 4.13. The van der Waals surface area contributed by atoms with Gasteiger partial charge >= 0.3 is 0 Å². The average molecular weight is 337 g/mol. The van der Waals surface area contributed by atoms with Crippen LogP contribution in [0.3, 0.4) is 0 Å². The molecule has 1 aliphatic heterocycles. The molecule has 8 heteroatoms. The van der Waals surface area contributed by atoms with E-state index in [-0.39, 0.29) is 0 Å². The standard InChI is InChI=1S/C17H19N7O/c1-10(25)9-18-14-13-12(17(2,3)23-19-13)16-21-20-15(24(16)22-14)11-7-5-4-6-8-11/h4-8,10,25H,9H2,1-3H3,(H,18,22). The Hall–Kier alpha value is -2.87. The van der Waals surface area contributed by atoms with Crippen molar-refractivity contribution in [2.24, 2.45) is 10.2 Å². The highest BCUT2D eigenvalue weighted by atomic mass is 16.3. The normalized spacial score (nSPS) is 16.2. The summed E-state index contributed by atoms with van der Waals surface area (Å²) in [6.45, 7) is 6.05. The smallest absolute Gasteiger partial charge is 0.186 e. The third-order valence-corrected chi connectivity index (χ3v) is 4.13. The maximum Gasteiger partial charge on any atom is 0.186 e. The number of aliphatic hydroxyl groups is 1. The Morgan fingerprint density at radius 1 is 1.20 bits per heavy atom. The lowest BCUT2D eigenvalue weighted by atomic mass is 9.96. The Labute approximate surface area is 144 Å². The van der Waals surface area contributed by atoms with E-state index in [1.807, 2.05) is 44.2 Å². The van der Waals surface area contributed by atoms with Gasteiger partial charge in [-0.1, -0.05) is 30.3 Å². The van der Waals surface area contributed by atoms with Crippen molar-refractivity contribution in [3.05, 3.63) is 35.9 Å². The number of hydrogen-bond acceptors (Lipinski definition) is 7. The zero-order valence-corrected chi connectivity index (χ0v) is 14.3. The van der Waals surface area contributed by atoms with Gasteiger partial charge in [-0.3, -0.25) is 0 Å². The summed E-state index contributed by atoms with van der Waals surface area (Å²) in [4.78, 5) is 0. The van der Waals surface area contributed by atoms with E-state index in [9.17, 15) is 5.11 Å². The molecule has 1 atom stereocenters. The van der Waals surface area contributed by atoms with E-state index in [0.717, 1.165) is 11.1 Å². The summed E-state index contributed by atoms with van der Waals surface area (Å²) < 4.78 is 1.72. The van der Waals surface area contributed by atoms with Crippen molar-refractivity contribution in [1.29, 1.82) is 0 Å². The Morgan fingerprint density at radius 2 is 1.96 bits per heavy atom. The Balaban J connectivity index is 1.95. The van der Waals surface area contributed by atoms with Crippen LogP contribution in [0.25, 0.3) is 17.0 Å². The summed E-state index contributed by atoms with van der Waals surface area (Å²) in [6, 6.07) is 9.78. The first-order chi connectivity index (χ1) is 12.0. The maximum atomic E-state index is 9.59. The number of rotatable bonds is 4. The fourth-order valence-corrected chi connectivity index (χ4v) is 2.92. The van der Waals surface area contributed by atoms with Crippen molar-refractivity contribution in [2.75, 3.05) is 11.9 Å². The van der Waals surface area contributed by atoms with Crippen LogP contribution in [0.4, 0.5) is 11.5 Å². The van der Waals surface area contributed by atoms with Gasteiger partial charge in [0.15, 0.2) is 17.3 Å². The van der Waals surface area contributed by atoms with Gasteiger partial charge < -0.3 is 10.4 Å². The van der Waals surface area contributed by atoms with E-state index in [4.69, 9.17) is 0 Å². The first kappa shape index (κ1) is 15.6. The maximum absolute atomic E-state index is 9.59. The fourth-order valence-electron chi connectivity index (χ4n) is 2.92. The molecule has 2 aromatic heterocycles. The van der Waals surface area contributed by atoms with Crippen LogP contribution in [-0.2, 0) is 5.54 Å².